The minimum atomic E-state index is -0.212. The summed E-state index contributed by atoms with van der Waals surface area (Å²) >= 11 is 1.68. The molecule has 0 bridgehead atoms. The first kappa shape index (κ1) is 11.0. The van der Waals surface area contributed by atoms with E-state index < -0.39 is 0 Å². The standard InChI is InChI=1S/C14H11N3S/c15-9-10(8-11-4-3-7-18-11)14-16-12-5-1-2-6-13(12)17-14/h1-7,10H,8H2,(H,16,17)/t10-/m1/s1. The predicted molar refractivity (Wildman–Crippen MR) is 72.5 cm³/mol. The summed E-state index contributed by atoms with van der Waals surface area (Å²) in [6.45, 7) is 0. The molecule has 0 fully saturated rings. The molecule has 0 aliphatic carbocycles. The van der Waals surface area contributed by atoms with Crippen LogP contribution in [0.25, 0.3) is 11.0 Å². The van der Waals surface area contributed by atoms with Gasteiger partial charge in [0.15, 0.2) is 0 Å². The van der Waals surface area contributed by atoms with Gasteiger partial charge in [0, 0.05) is 11.3 Å². The number of aromatic amines is 1. The number of para-hydroxylation sites is 2. The first-order valence-corrected chi connectivity index (χ1v) is 6.61. The van der Waals surface area contributed by atoms with E-state index in [0.717, 1.165) is 16.9 Å². The van der Waals surface area contributed by atoms with Crippen molar-refractivity contribution in [2.75, 3.05) is 0 Å². The molecule has 0 spiro atoms. The highest BCUT2D eigenvalue weighted by atomic mass is 32.1. The highest BCUT2D eigenvalue weighted by molar-refractivity contribution is 7.09. The van der Waals surface area contributed by atoms with E-state index in [9.17, 15) is 5.26 Å². The molecular formula is C14H11N3S. The second-order valence-corrected chi connectivity index (χ2v) is 5.14. The first-order chi connectivity index (χ1) is 8.86. The van der Waals surface area contributed by atoms with Crippen molar-refractivity contribution < 1.29 is 0 Å². The topological polar surface area (TPSA) is 52.5 Å². The van der Waals surface area contributed by atoms with Crippen LogP contribution < -0.4 is 0 Å². The molecule has 2 aromatic heterocycles. The summed E-state index contributed by atoms with van der Waals surface area (Å²) < 4.78 is 0. The van der Waals surface area contributed by atoms with Crippen molar-refractivity contribution in [1.82, 2.24) is 9.97 Å². The number of thiophene rings is 1. The molecule has 0 saturated heterocycles. The van der Waals surface area contributed by atoms with E-state index in [-0.39, 0.29) is 5.92 Å². The van der Waals surface area contributed by atoms with E-state index in [1.807, 2.05) is 35.7 Å². The number of H-pyrrole nitrogens is 1. The number of benzene rings is 1. The van der Waals surface area contributed by atoms with Crippen LogP contribution in [0.3, 0.4) is 0 Å². The zero-order valence-electron chi connectivity index (χ0n) is 9.63. The van der Waals surface area contributed by atoms with Crippen LogP contribution >= 0.6 is 11.3 Å². The molecule has 1 atom stereocenters. The molecule has 0 aliphatic heterocycles. The molecule has 2 heterocycles. The van der Waals surface area contributed by atoms with Crippen molar-refractivity contribution in [3.05, 3.63) is 52.5 Å². The average Bonchev–Trinajstić information content (AvgIpc) is 3.04. The zero-order valence-corrected chi connectivity index (χ0v) is 10.4. The van der Waals surface area contributed by atoms with E-state index >= 15 is 0 Å². The fraction of sp³-hybridized carbons (Fsp3) is 0.143. The number of nitriles is 1. The van der Waals surface area contributed by atoms with Gasteiger partial charge in [-0.2, -0.15) is 5.26 Å². The Kier molecular flexibility index (Phi) is 2.83. The summed E-state index contributed by atoms with van der Waals surface area (Å²) in [6.07, 6.45) is 0.716. The van der Waals surface area contributed by atoms with Crippen molar-refractivity contribution in [3.8, 4) is 6.07 Å². The Hall–Kier alpha value is -2.12. The quantitative estimate of drug-likeness (QED) is 0.777. The van der Waals surface area contributed by atoms with Crippen LogP contribution in [0.2, 0.25) is 0 Å². The Morgan fingerprint density at radius 2 is 2.17 bits per heavy atom. The number of imidazole rings is 1. The monoisotopic (exact) mass is 253 g/mol. The van der Waals surface area contributed by atoms with Crippen LogP contribution in [0.5, 0.6) is 0 Å². The Morgan fingerprint density at radius 3 is 2.89 bits per heavy atom. The Balaban J connectivity index is 1.94. The largest absolute Gasteiger partial charge is 0.341 e. The molecule has 18 heavy (non-hydrogen) atoms. The van der Waals surface area contributed by atoms with Gasteiger partial charge < -0.3 is 4.98 Å². The van der Waals surface area contributed by atoms with Gasteiger partial charge in [0.25, 0.3) is 0 Å². The fourth-order valence-corrected chi connectivity index (χ4v) is 2.72. The van der Waals surface area contributed by atoms with Crippen molar-refractivity contribution in [2.45, 2.75) is 12.3 Å². The lowest BCUT2D eigenvalue weighted by Crippen LogP contribution is -2.01. The lowest BCUT2D eigenvalue weighted by molar-refractivity contribution is 0.803. The minimum Gasteiger partial charge on any atom is -0.341 e. The van der Waals surface area contributed by atoms with E-state index in [1.165, 1.54) is 4.88 Å². The van der Waals surface area contributed by atoms with Crippen LogP contribution in [0.1, 0.15) is 16.6 Å². The fourth-order valence-electron chi connectivity index (χ4n) is 1.97. The SMILES string of the molecule is N#C[C@@H](Cc1cccs1)c1nc2ccccc2[nH]1. The number of rotatable bonds is 3. The third-order valence-corrected chi connectivity index (χ3v) is 3.78. The van der Waals surface area contributed by atoms with Crippen LogP contribution in [-0.2, 0) is 6.42 Å². The maximum atomic E-state index is 9.30. The van der Waals surface area contributed by atoms with Gasteiger partial charge in [0.1, 0.15) is 11.7 Å². The number of hydrogen-bond acceptors (Lipinski definition) is 3. The Bertz CT molecular complexity index is 658. The van der Waals surface area contributed by atoms with Gasteiger partial charge in [-0.1, -0.05) is 18.2 Å². The molecule has 3 aromatic rings. The lowest BCUT2D eigenvalue weighted by Gasteiger charge is -2.03. The number of fused-ring (bicyclic) bond motifs is 1. The number of hydrogen-bond donors (Lipinski definition) is 1. The summed E-state index contributed by atoms with van der Waals surface area (Å²) in [4.78, 5) is 8.93. The number of aromatic nitrogens is 2. The van der Waals surface area contributed by atoms with Crippen LogP contribution in [0.15, 0.2) is 41.8 Å². The van der Waals surface area contributed by atoms with E-state index in [0.29, 0.717) is 6.42 Å². The van der Waals surface area contributed by atoms with Crippen LogP contribution in [-0.4, -0.2) is 9.97 Å². The molecule has 88 valence electrons. The third kappa shape index (κ3) is 2.01. The summed E-state index contributed by atoms with van der Waals surface area (Å²) in [7, 11) is 0. The van der Waals surface area contributed by atoms with E-state index in [2.05, 4.69) is 22.1 Å². The summed E-state index contributed by atoms with van der Waals surface area (Å²) in [6, 6.07) is 14.2. The molecule has 1 aromatic carbocycles. The van der Waals surface area contributed by atoms with Crippen LogP contribution in [0.4, 0.5) is 0 Å². The summed E-state index contributed by atoms with van der Waals surface area (Å²) in [5.74, 6) is 0.545. The highest BCUT2D eigenvalue weighted by Crippen LogP contribution is 2.23. The van der Waals surface area contributed by atoms with Crippen LogP contribution in [0, 0.1) is 11.3 Å². The molecule has 0 radical (unpaired) electrons. The second-order valence-electron chi connectivity index (χ2n) is 4.10. The highest BCUT2D eigenvalue weighted by Gasteiger charge is 2.16. The van der Waals surface area contributed by atoms with Crippen molar-refractivity contribution in [3.63, 3.8) is 0 Å². The molecule has 4 heteroatoms. The first-order valence-electron chi connectivity index (χ1n) is 5.73. The van der Waals surface area contributed by atoms with Gasteiger partial charge in [0.2, 0.25) is 0 Å². The van der Waals surface area contributed by atoms with Gasteiger partial charge in [-0.05, 0) is 23.6 Å². The second kappa shape index (κ2) is 4.63. The maximum absolute atomic E-state index is 9.30. The molecule has 3 rings (SSSR count). The average molecular weight is 253 g/mol. The van der Waals surface area contributed by atoms with Crippen molar-refractivity contribution in [2.24, 2.45) is 0 Å². The van der Waals surface area contributed by atoms with Gasteiger partial charge in [-0.25, -0.2) is 4.98 Å². The minimum absolute atomic E-state index is 0.212. The molecule has 0 aliphatic rings. The van der Waals surface area contributed by atoms with E-state index in [1.54, 1.807) is 11.3 Å². The van der Waals surface area contributed by atoms with Crippen molar-refractivity contribution >= 4 is 22.4 Å². The number of nitrogens with one attached hydrogen (secondary N) is 1. The summed E-state index contributed by atoms with van der Waals surface area (Å²) in [5.41, 5.74) is 1.90. The lowest BCUT2D eigenvalue weighted by atomic mass is 10.1. The third-order valence-electron chi connectivity index (χ3n) is 2.88. The van der Waals surface area contributed by atoms with Gasteiger partial charge in [-0.3, -0.25) is 0 Å². The Labute approximate surface area is 109 Å². The summed E-state index contributed by atoms with van der Waals surface area (Å²) in [5, 5.41) is 11.3. The molecular weight excluding hydrogens is 242 g/mol. The van der Waals surface area contributed by atoms with Gasteiger partial charge >= 0.3 is 0 Å². The van der Waals surface area contributed by atoms with E-state index in [4.69, 9.17) is 0 Å². The normalized spacial score (nSPS) is 12.4. The Morgan fingerprint density at radius 1 is 1.28 bits per heavy atom. The smallest absolute Gasteiger partial charge is 0.125 e. The van der Waals surface area contributed by atoms with Gasteiger partial charge in [0.05, 0.1) is 17.1 Å². The predicted octanol–water partition coefficient (Wildman–Crippen LogP) is 3.47. The zero-order chi connectivity index (χ0) is 12.4. The maximum Gasteiger partial charge on any atom is 0.125 e. The molecule has 0 unspecified atom stereocenters. The van der Waals surface area contributed by atoms with Gasteiger partial charge in [-0.15, -0.1) is 11.3 Å². The van der Waals surface area contributed by atoms with Crippen molar-refractivity contribution in [1.29, 1.82) is 5.26 Å². The molecule has 3 nitrogen and oxygen atoms in total. The molecule has 0 saturated carbocycles. The molecule has 1 N–H and O–H groups in total. The number of nitrogens with zero attached hydrogens (tertiary/aromatic N) is 2. The molecule has 0 amide bonds.